The number of halogens is 1. The van der Waals surface area contributed by atoms with Crippen LogP contribution in [0.5, 0.6) is 0 Å². The number of carbonyl (C=O) groups is 1. The number of fused-ring (bicyclic) bond motifs is 1. The summed E-state index contributed by atoms with van der Waals surface area (Å²) in [6.45, 7) is 0.295. The van der Waals surface area contributed by atoms with Crippen molar-refractivity contribution in [2.24, 2.45) is 0 Å². The Kier molecular flexibility index (Phi) is 4.22. The maximum atomic E-state index is 14.4. The Bertz CT molecular complexity index is 1070. The molecule has 26 heavy (non-hydrogen) atoms. The molecule has 0 bridgehead atoms. The minimum atomic E-state index is -0.651. The van der Waals surface area contributed by atoms with E-state index in [1.165, 1.54) is 20.6 Å². The quantitative estimate of drug-likeness (QED) is 0.551. The molecular formula is C19H15FN4OS. The summed E-state index contributed by atoms with van der Waals surface area (Å²) in [6, 6.07) is 14.9. The van der Waals surface area contributed by atoms with Crippen molar-refractivity contribution < 1.29 is 9.18 Å². The van der Waals surface area contributed by atoms with Gasteiger partial charge in [-0.15, -0.1) is 11.3 Å². The molecule has 3 heterocycles. The molecule has 130 valence electrons. The number of pyridine rings is 1. The standard InChI is InChI=1S/C19H15FN4OS/c1-23(11-16-21-14(12-26-16)13-7-3-2-4-8-13)19(25)17-18(20)24-10-6-5-9-15(24)22-17/h2-10,12H,11H2,1H3. The topological polar surface area (TPSA) is 50.5 Å². The molecule has 0 aliphatic rings. The Morgan fingerprint density at radius 1 is 1.15 bits per heavy atom. The molecule has 1 amide bonds. The van der Waals surface area contributed by atoms with Gasteiger partial charge in [-0.2, -0.15) is 4.39 Å². The number of imidazole rings is 1. The third kappa shape index (κ3) is 2.97. The van der Waals surface area contributed by atoms with Crippen molar-refractivity contribution in [1.29, 1.82) is 0 Å². The van der Waals surface area contributed by atoms with E-state index in [-0.39, 0.29) is 5.69 Å². The molecule has 5 nitrogen and oxygen atoms in total. The summed E-state index contributed by atoms with van der Waals surface area (Å²) in [6.07, 6.45) is 1.54. The van der Waals surface area contributed by atoms with Crippen LogP contribution in [0.3, 0.4) is 0 Å². The predicted octanol–water partition coefficient (Wildman–Crippen LogP) is 3.87. The Morgan fingerprint density at radius 2 is 1.92 bits per heavy atom. The van der Waals surface area contributed by atoms with E-state index in [2.05, 4.69) is 9.97 Å². The first-order valence-corrected chi connectivity index (χ1v) is 8.89. The highest BCUT2D eigenvalue weighted by atomic mass is 32.1. The molecular weight excluding hydrogens is 351 g/mol. The maximum Gasteiger partial charge on any atom is 0.277 e. The SMILES string of the molecule is CN(Cc1nc(-c2ccccc2)cs1)C(=O)c1nc2ccccn2c1F. The second-order valence-electron chi connectivity index (χ2n) is 5.83. The van der Waals surface area contributed by atoms with Crippen molar-refractivity contribution in [1.82, 2.24) is 19.3 Å². The Balaban J connectivity index is 1.54. The number of carbonyl (C=O) groups excluding carboxylic acids is 1. The number of amides is 1. The van der Waals surface area contributed by atoms with Gasteiger partial charge in [-0.3, -0.25) is 9.20 Å². The van der Waals surface area contributed by atoms with Crippen LogP contribution < -0.4 is 0 Å². The molecule has 0 spiro atoms. The zero-order valence-corrected chi connectivity index (χ0v) is 14.8. The maximum absolute atomic E-state index is 14.4. The van der Waals surface area contributed by atoms with Crippen LogP contribution in [0.1, 0.15) is 15.5 Å². The van der Waals surface area contributed by atoms with Gasteiger partial charge in [-0.05, 0) is 12.1 Å². The van der Waals surface area contributed by atoms with Gasteiger partial charge in [0.25, 0.3) is 5.91 Å². The number of thiazole rings is 1. The first-order valence-electron chi connectivity index (χ1n) is 8.01. The zero-order chi connectivity index (χ0) is 18.1. The minimum absolute atomic E-state index is 0.182. The highest BCUT2D eigenvalue weighted by Crippen LogP contribution is 2.22. The van der Waals surface area contributed by atoms with Crippen LogP contribution in [0.15, 0.2) is 60.1 Å². The van der Waals surface area contributed by atoms with Crippen LogP contribution in [0.2, 0.25) is 0 Å². The predicted molar refractivity (Wildman–Crippen MR) is 98.5 cm³/mol. The van der Waals surface area contributed by atoms with Gasteiger partial charge in [0.1, 0.15) is 10.7 Å². The first kappa shape index (κ1) is 16.4. The average Bonchev–Trinajstić information content (AvgIpc) is 3.27. The molecule has 0 atom stereocenters. The molecule has 0 saturated carbocycles. The number of rotatable bonds is 4. The lowest BCUT2D eigenvalue weighted by atomic mass is 10.2. The van der Waals surface area contributed by atoms with Gasteiger partial charge in [0.15, 0.2) is 5.69 Å². The van der Waals surface area contributed by atoms with E-state index >= 15 is 0 Å². The highest BCUT2D eigenvalue weighted by Gasteiger charge is 2.23. The van der Waals surface area contributed by atoms with Gasteiger partial charge in [0.05, 0.1) is 12.2 Å². The van der Waals surface area contributed by atoms with Crippen molar-refractivity contribution in [2.45, 2.75) is 6.54 Å². The van der Waals surface area contributed by atoms with Crippen molar-refractivity contribution in [2.75, 3.05) is 7.05 Å². The first-order chi connectivity index (χ1) is 12.6. The van der Waals surface area contributed by atoms with Crippen LogP contribution in [-0.2, 0) is 6.54 Å². The molecule has 4 rings (SSSR count). The number of hydrogen-bond acceptors (Lipinski definition) is 4. The Hall–Kier alpha value is -3.06. The van der Waals surface area contributed by atoms with Crippen molar-refractivity contribution in [3.8, 4) is 11.3 Å². The van der Waals surface area contributed by atoms with E-state index in [1.807, 2.05) is 35.7 Å². The summed E-state index contributed by atoms with van der Waals surface area (Å²) in [7, 11) is 1.62. The lowest BCUT2D eigenvalue weighted by molar-refractivity contribution is 0.0774. The fraction of sp³-hybridized carbons (Fsp3) is 0.105. The van der Waals surface area contributed by atoms with E-state index < -0.39 is 11.9 Å². The molecule has 0 saturated heterocycles. The summed E-state index contributed by atoms with van der Waals surface area (Å²) in [4.78, 5) is 22.7. The van der Waals surface area contributed by atoms with Gasteiger partial charge < -0.3 is 4.90 Å². The van der Waals surface area contributed by atoms with Crippen molar-refractivity contribution >= 4 is 22.9 Å². The highest BCUT2D eigenvalue weighted by molar-refractivity contribution is 7.09. The lowest BCUT2D eigenvalue weighted by Gasteiger charge is -2.13. The smallest absolute Gasteiger partial charge is 0.277 e. The minimum Gasteiger partial charge on any atom is -0.333 e. The second-order valence-corrected chi connectivity index (χ2v) is 6.78. The third-order valence-corrected chi connectivity index (χ3v) is 4.85. The summed E-state index contributed by atoms with van der Waals surface area (Å²) in [5.41, 5.74) is 2.11. The van der Waals surface area contributed by atoms with Crippen molar-refractivity contribution in [3.05, 3.63) is 76.8 Å². The molecule has 0 fully saturated rings. The molecule has 0 aliphatic heterocycles. The number of nitrogens with zero attached hydrogens (tertiary/aromatic N) is 4. The lowest BCUT2D eigenvalue weighted by Crippen LogP contribution is -2.27. The fourth-order valence-corrected chi connectivity index (χ4v) is 3.54. The van der Waals surface area contributed by atoms with Gasteiger partial charge in [0.2, 0.25) is 5.95 Å². The summed E-state index contributed by atoms with van der Waals surface area (Å²) >= 11 is 1.47. The van der Waals surface area contributed by atoms with Gasteiger partial charge in [-0.1, -0.05) is 36.4 Å². The molecule has 1 aromatic carbocycles. The molecule has 3 aromatic heterocycles. The average molecular weight is 366 g/mol. The van der Waals surface area contributed by atoms with E-state index in [0.29, 0.717) is 12.2 Å². The Morgan fingerprint density at radius 3 is 2.69 bits per heavy atom. The molecule has 0 radical (unpaired) electrons. The van der Waals surface area contributed by atoms with Crippen LogP contribution >= 0.6 is 11.3 Å². The van der Waals surface area contributed by atoms with Crippen molar-refractivity contribution in [3.63, 3.8) is 0 Å². The normalized spacial score (nSPS) is 11.0. The molecule has 0 N–H and O–H groups in total. The van der Waals surface area contributed by atoms with Gasteiger partial charge in [0, 0.05) is 24.2 Å². The van der Waals surface area contributed by atoms with Gasteiger partial charge >= 0.3 is 0 Å². The van der Waals surface area contributed by atoms with Crippen LogP contribution in [0.4, 0.5) is 4.39 Å². The molecule has 0 aliphatic carbocycles. The number of aromatic nitrogens is 3. The van der Waals surface area contributed by atoms with E-state index in [9.17, 15) is 9.18 Å². The number of benzene rings is 1. The molecule has 7 heteroatoms. The summed E-state index contributed by atoms with van der Waals surface area (Å²) in [5.74, 6) is -1.12. The second kappa shape index (κ2) is 6.68. The fourth-order valence-electron chi connectivity index (χ4n) is 2.68. The van der Waals surface area contributed by atoms with Crippen LogP contribution in [0.25, 0.3) is 16.9 Å². The largest absolute Gasteiger partial charge is 0.333 e. The monoisotopic (exact) mass is 366 g/mol. The van der Waals surface area contributed by atoms with Gasteiger partial charge in [-0.25, -0.2) is 9.97 Å². The Labute approximate surface area is 153 Å². The van der Waals surface area contributed by atoms with Crippen LogP contribution in [0, 0.1) is 5.95 Å². The summed E-state index contributed by atoms with van der Waals surface area (Å²) in [5, 5.41) is 2.73. The van der Waals surface area contributed by atoms with E-state index in [0.717, 1.165) is 16.3 Å². The van der Waals surface area contributed by atoms with E-state index in [4.69, 9.17) is 0 Å². The molecule has 0 unspecified atom stereocenters. The molecule has 4 aromatic rings. The zero-order valence-electron chi connectivity index (χ0n) is 14.0. The van der Waals surface area contributed by atoms with E-state index in [1.54, 1.807) is 31.4 Å². The number of hydrogen-bond donors (Lipinski definition) is 0. The third-order valence-electron chi connectivity index (χ3n) is 4.01. The van der Waals surface area contributed by atoms with Crippen LogP contribution in [-0.4, -0.2) is 32.2 Å². The summed E-state index contributed by atoms with van der Waals surface area (Å²) < 4.78 is 15.7.